The zero-order valence-corrected chi connectivity index (χ0v) is 13.0. The van der Waals surface area contributed by atoms with E-state index in [1.54, 1.807) is 11.8 Å². The van der Waals surface area contributed by atoms with Gasteiger partial charge in [-0.1, -0.05) is 15.9 Å². The molecule has 0 fully saturated rings. The molecule has 0 unspecified atom stereocenters. The van der Waals surface area contributed by atoms with Gasteiger partial charge in [0.05, 0.1) is 5.25 Å². The number of amides is 1. The lowest BCUT2D eigenvalue weighted by Gasteiger charge is -2.23. The number of hydrogen-bond acceptors (Lipinski definition) is 2. The highest BCUT2D eigenvalue weighted by Gasteiger charge is 2.19. The van der Waals surface area contributed by atoms with E-state index in [1.807, 2.05) is 52.0 Å². The molecule has 2 nitrogen and oxygen atoms in total. The minimum absolute atomic E-state index is 0.0745. The number of carbonyl (C=O) groups excluding carboxylic acids is 1. The van der Waals surface area contributed by atoms with Gasteiger partial charge in [0.15, 0.2) is 0 Å². The first-order chi connectivity index (χ1) is 7.78. The van der Waals surface area contributed by atoms with Crippen molar-refractivity contribution < 1.29 is 4.79 Å². The Balaban J connectivity index is 2.57. The topological polar surface area (TPSA) is 29.1 Å². The average molecular weight is 316 g/mol. The molecule has 0 radical (unpaired) electrons. The molecule has 1 aromatic rings. The van der Waals surface area contributed by atoms with Gasteiger partial charge in [0, 0.05) is 14.9 Å². The van der Waals surface area contributed by atoms with Crippen molar-refractivity contribution in [3.63, 3.8) is 0 Å². The van der Waals surface area contributed by atoms with Gasteiger partial charge >= 0.3 is 0 Å². The van der Waals surface area contributed by atoms with E-state index >= 15 is 0 Å². The van der Waals surface area contributed by atoms with Crippen LogP contribution in [0, 0.1) is 0 Å². The van der Waals surface area contributed by atoms with Gasteiger partial charge < -0.3 is 5.32 Å². The normalized spacial score (nSPS) is 13.2. The fraction of sp³-hybridized carbons (Fsp3) is 0.462. The molecular formula is C13H18BrNOS. The van der Waals surface area contributed by atoms with E-state index in [0.29, 0.717) is 0 Å². The second-order valence-corrected chi connectivity index (χ2v) is 7.28. The Morgan fingerprint density at radius 2 is 1.82 bits per heavy atom. The number of carbonyl (C=O) groups is 1. The van der Waals surface area contributed by atoms with Crippen LogP contribution in [0.25, 0.3) is 0 Å². The molecule has 94 valence electrons. The van der Waals surface area contributed by atoms with Gasteiger partial charge in [-0.25, -0.2) is 0 Å². The second kappa shape index (κ2) is 5.91. The summed E-state index contributed by atoms with van der Waals surface area (Å²) in [5.74, 6) is 0.0745. The Labute approximate surface area is 116 Å². The van der Waals surface area contributed by atoms with E-state index in [9.17, 15) is 4.79 Å². The lowest BCUT2D eigenvalue weighted by Crippen LogP contribution is -2.44. The summed E-state index contributed by atoms with van der Waals surface area (Å²) in [5.41, 5.74) is -0.175. The van der Waals surface area contributed by atoms with Crippen LogP contribution in [0.4, 0.5) is 0 Å². The van der Waals surface area contributed by atoms with Gasteiger partial charge in [0.25, 0.3) is 0 Å². The van der Waals surface area contributed by atoms with Gasteiger partial charge in [0.1, 0.15) is 0 Å². The standard InChI is InChI=1S/C13H18BrNOS/c1-9(12(16)15-13(2,3)4)17-11-7-5-10(14)6-8-11/h5-9H,1-4H3,(H,15,16)/t9-/m1/s1. The minimum Gasteiger partial charge on any atom is -0.351 e. The summed E-state index contributed by atoms with van der Waals surface area (Å²) >= 11 is 4.96. The molecule has 1 aromatic carbocycles. The zero-order valence-electron chi connectivity index (χ0n) is 10.6. The second-order valence-electron chi connectivity index (χ2n) is 4.95. The predicted molar refractivity (Wildman–Crippen MR) is 77.4 cm³/mol. The fourth-order valence-electron chi connectivity index (χ4n) is 1.24. The first kappa shape index (κ1) is 14.6. The molecule has 0 saturated carbocycles. The number of benzene rings is 1. The van der Waals surface area contributed by atoms with Crippen LogP contribution in [0.15, 0.2) is 33.6 Å². The quantitative estimate of drug-likeness (QED) is 0.858. The van der Waals surface area contributed by atoms with Crippen LogP contribution in [0.5, 0.6) is 0 Å². The van der Waals surface area contributed by atoms with Crippen molar-refractivity contribution in [1.29, 1.82) is 0 Å². The number of nitrogens with one attached hydrogen (secondary N) is 1. The predicted octanol–water partition coefficient (Wildman–Crippen LogP) is 3.84. The molecule has 17 heavy (non-hydrogen) atoms. The van der Waals surface area contributed by atoms with Gasteiger partial charge in [-0.3, -0.25) is 4.79 Å². The smallest absolute Gasteiger partial charge is 0.233 e. The summed E-state index contributed by atoms with van der Waals surface area (Å²) in [4.78, 5) is 13.0. The van der Waals surface area contributed by atoms with Crippen molar-refractivity contribution in [2.45, 2.75) is 43.4 Å². The summed E-state index contributed by atoms with van der Waals surface area (Å²) in [6, 6.07) is 7.98. The number of halogens is 1. The van der Waals surface area contributed by atoms with Crippen molar-refractivity contribution >= 4 is 33.6 Å². The van der Waals surface area contributed by atoms with E-state index in [-0.39, 0.29) is 16.7 Å². The first-order valence-electron chi connectivity index (χ1n) is 5.52. The van der Waals surface area contributed by atoms with Crippen LogP contribution in [0.1, 0.15) is 27.7 Å². The lowest BCUT2D eigenvalue weighted by molar-refractivity contribution is -0.121. The maximum Gasteiger partial charge on any atom is 0.233 e. The Morgan fingerprint density at radius 1 is 1.29 bits per heavy atom. The summed E-state index contributed by atoms with van der Waals surface area (Å²) in [5, 5.41) is 2.89. The molecule has 0 bridgehead atoms. The van der Waals surface area contributed by atoms with Crippen molar-refractivity contribution in [2.75, 3.05) is 0 Å². The third-order valence-corrected chi connectivity index (χ3v) is 3.63. The molecule has 0 aliphatic heterocycles. The fourth-order valence-corrected chi connectivity index (χ4v) is 2.37. The van der Waals surface area contributed by atoms with Crippen LogP contribution >= 0.6 is 27.7 Å². The van der Waals surface area contributed by atoms with E-state index in [4.69, 9.17) is 0 Å². The van der Waals surface area contributed by atoms with Crippen molar-refractivity contribution in [3.8, 4) is 0 Å². The Morgan fingerprint density at radius 3 is 2.29 bits per heavy atom. The lowest BCUT2D eigenvalue weighted by atomic mass is 10.1. The number of thioether (sulfide) groups is 1. The Hall–Kier alpha value is -0.480. The molecule has 0 aliphatic carbocycles. The summed E-state index contributed by atoms with van der Waals surface area (Å²) in [6.45, 7) is 7.89. The van der Waals surface area contributed by atoms with Crippen LogP contribution < -0.4 is 5.32 Å². The molecule has 1 atom stereocenters. The monoisotopic (exact) mass is 315 g/mol. The van der Waals surface area contributed by atoms with Crippen molar-refractivity contribution in [2.24, 2.45) is 0 Å². The van der Waals surface area contributed by atoms with Gasteiger partial charge in [0.2, 0.25) is 5.91 Å². The molecule has 1 N–H and O–H groups in total. The number of rotatable bonds is 3. The van der Waals surface area contributed by atoms with Crippen molar-refractivity contribution in [1.82, 2.24) is 5.32 Å². The highest BCUT2D eigenvalue weighted by molar-refractivity contribution is 9.10. The number of hydrogen-bond donors (Lipinski definition) is 1. The summed E-state index contributed by atoms with van der Waals surface area (Å²) in [6.07, 6.45) is 0. The molecule has 1 amide bonds. The van der Waals surface area contributed by atoms with E-state index in [1.165, 1.54) is 0 Å². The van der Waals surface area contributed by atoms with Crippen LogP contribution in [-0.2, 0) is 4.79 Å². The zero-order chi connectivity index (χ0) is 13.1. The Bertz CT molecular complexity index is 383. The average Bonchev–Trinajstić information content (AvgIpc) is 2.19. The molecule has 0 saturated heterocycles. The minimum atomic E-state index is -0.175. The Kier molecular flexibility index (Phi) is 5.07. The first-order valence-corrected chi connectivity index (χ1v) is 7.19. The summed E-state index contributed by atoms with van der Waals surface area (Å²) < 4.78 is 1.05. The largest absolute Gasteiger partial charge is 0.351 e. The molecule has 4 heteroatoms. The molecule has 1 rings (SSSR count). The molecule has 0 heterocycles. The maximum atomic E-state index is 11.9. The third kappa shape index (κ3) is 5.59. The van der Waals surface area contributed by atoms with Gasteiger partial charge in [-0.2, -0.15) is 0 Å². The van der Waals surface area contributed by atoms with E-state index < -0.39 is 0 Å². The highest BCUT2D eigenvalue weighted by Crippen LogP contribution is 2.25. The summed E-state index contributed by atoms with van der Waals surface area (Å²) in [7, 11) is 0. The van der Waals surface area contributed by atoms with Crippen molar-refractivity contribution in [3.05, 3.63) is 28.7 Å². The molecule has 0 aliphatic rings. The van der Waals surface area contributed by atoms with Crippen LogP contribution in [-0.4, -0.2) is 16.7 Å². The third-order valence-electron chi connectivity index (χ3n) is 1.99. The molecular weight excluding hydrogens is 298 g/mol. The molecule has 0 aromatic heterocycles. The highest BCUT2D eigenvalue weighted by atomic mass is 79.9. The van der Waals surface area contributed by atoms with Gasteiger partial charge in [-0.05, 0) is 52.0 Å². The maximum absolute atomic E-state index is 11.9. The SMILES string of the molecule is C[C@@H](Sc1ccc(Br)cc1)C(=O)NC(C)(C)C. The van der Waals surface area contributed by atoms with Crippen LogP contribution in [0.3, 0.4) is 0 Å². The van der Waals surface area contributed by atoms with Gasteiger partial charge in [-0.15, -0.1) is 11.8 Å². The van der Waals surface area contributed by atoms with E-state index in [0.717, 1.165) is 9.37 Å². The van der Waals surface area contributed by atoms with Crippen LogP contribution in [0.2, 0.25) is 0 Å². The molecule has 0 spiro atoms. The van der Waals surface area contributed by atoms with E-state index in [2.05, 4.69) is 21.2 Å².